The summed E-state index contributed by atoms with van der Waals surface area (Å²) in [5, 5.41) is 0. The molecule has 0 aromatic carbocycles. The van der Waals surface area contributed by atoms with Gasteiger partial charge in [-0.15, -0.1) is 6.42 Å². The molecular formula is C20H21N3O. The van der Waals surface area contributed by atoms with Gasteiger partial charge in [0.1, 0.15) is 0 Å². The maximum Gasteiger partial charge on any atom is 0.325 e. The molecule has 1 aromatic heterocycles. The molecule has 4 heteroatoms. The van der Waals surface area contributed by atoms with E-state index in [1.807, 2.05) is 0 Å². The lowest BCUT2D eigenvalue weighted by Crippen LogP contribution is -2.56. The molecule has 2 heterocycles. The predicted molar refractivity (Wildman–Crippen MR) is 96.8 cm³/mol. The lowest BCUT2D eigenvalue weighted by molar-refractivity contribution is 0.166. The number of carbonyl (C=O) groups is 1. The van der Waals surface area contributed by atoms with Crippen molar-refractivity contribution in [2.75, 3.05) is 25.0 Å². The highest BCUT2D eigenvalue weighted by Crippen LogP contribution is 2.32. The first-order valence-electron chi connectivity index (χ1n) is 7.96. The first-order valence-corrected chi connectivity index (χ1v) is 7.96. The fourth-order valence-electron chi connectivity index (χ4n) is 3.03. The van der Waals surface area contributed by atoms with Gasteiger partial charge in [-0.3, -0.25) is 4.90 Å². The second-order valence-corrected chi connectivity index (χ2v) is 6.99. The molecule has 0 bridgehead atoms. The van der Waals surface area contributed by atoms with Crippen molar-refractivity contribution in [3.63, 3.8) is 0 Å². The summed E-state index contributed by atoms with van der Waals surface area (Å²) in [5.41, 5.74) is 3.52. The summed E-state index contributed by atoms with van der Waals surface area (Å²) in [6.45, 7) is 5.62. The molecule has 4 rings (SSSR count). The number of aromatic nitrogens is 1. The van der Waals surface area contributed by atoms with Crippen molar-refractivity contribution in [3.8, 4) is 23.5 Å². The number of nitrogens with zero attached hydrogens (tertiary/aromatic N) is 3. The Kier molecular flexibility index (Phi) is 4.02. The summed E-state index contributed by atoms with van der Waals surface area (Å²) in [7, 11) is 1.80. The molecule has 1 aliphatic heterocycles. The van der Waals surface area contributed by atoms with E-state index in [1.54, 1.807) is 35.2 Å². The number of carbonyl (C=O) groups excluding carboxylic acids is 1. The number of anilines is 1. The lowest BCUT2D eigenvalue weighted by Gasteiger charge is -2.42. The van der Waals surface area contributed by atoms with Crippen LogP contribution in [0.15, 0.2) is 42.6 Å². The van der Waals surface area contributed by atoms with Crippen LogP contribution in [0.5, 0.6) is 0 Å². The van der Waals surface area contributed by atoms with E-state index >= 15 is 0 Å². The zero-order valence-electron chi connectivity index (χ0n) is 14.3. The molecule has 1 fully saturated rings. The van der Waals surface area contributed by atoms with E-state index in [0.717, 1.165) is 6.54 Å². The molecule has 0 N–H and O–H groups in total. The van der Waals surface area contributed by atoms with E-state index in [-0.39, 0.29) is 11.4 Å². The summed E-state index contributed by atoms with van der Waals surface area (Å²) < 4.78 is 0. The third-order valence-corrected chi connectivity index (χ3v) is 4.12. The highest BCUT2D eigenvalue weighted by Gasteiger charge is 2.36. The van der Waals surface area contributed by atoms with E-state index in [1.165, 1.54) is 11.1 Å². The van der Waals surface area contributed by atoms with Gasteiger partial charge >= 0.3 is 6.03 Å². The molecule has 3 aliphatic rings. The van der Waals surface area contributed by atoms with Crippen LogP contribution >= 0.6 is 0 Å². The summed E-state index contributed by atoms with van der Waals surface area (Å²) in [5.74, 6) is 3.15. The van der Waals surface area contributed by atoms with Crippen LogP contribution in [0.3, 0.4) is 0 Å². The largest absolute Gasteiger partial charge is 0.327 e. The van der Waals surface area contributed by atoms with Crippen LogP contribution in [0.2, 0.25) is 0 Å². The molecule has 0 unspecified atom stereocenters. The second kappa shape index (κ2) is 6.01. The Bertz CT molecular complexity index is 802. The van der Waals surface area contributed by atoms with Crippen LogP contribution in [0, 0.1) is 17.8 Å². The van der Waals surface area contributed by atoms with Gasteiger partial charge < -0.3 is 4.90 Å². The summed E-state index contributed by atoms with van der Waals surface area (Å²) >= 11 is 0. The number of urea groups is 1. The van der Waals surface area contributed by atoms with Gasteiger partial charge in [0.25, 0.3) is 0 Å². The number of pyridine rings is 1. The summed E-state index contributed by atoms with van der Waals surface area (Å²) in [6, 6.07) is 12.0. The standard InChI is InChI=1S/C14H17N3O.C6H4/c1-5-11-7-6-8-15-12(11)17-10-14(2,3)9-16(4)13(17)18;1-2-5-4-6(5)3-1/h1,6-8H,9-10H2,2-4H3;1-4H. The number of terminal acetylenes is 1. The monoisotopic (exact) mass is 319 g/mol. The van der Waals surface area contributed by atoms with Crippen molar-refractivity contribution in [2.24, 2.45) is 5.41 Å². The third kappa shape index (κ3) is 3.26. The fraction of sp³-hybridized carbons (Fsp3) is 0.300. The molecule has 2 amide bonds. The van der Waals surface area contributed by atoms with Gasteiger partial charge in [-0.05, 0) is 29.3 Å². The van der Waals surface area contributed by atoms with Crippen molar-refractivity contribution in [1.29, 1.82) is 0 Å². The Morgan fingerprint density at radius 1 is 1.17 bits per heavy atom. The molecule has 0 saturated carbocycles. The van der Waals surface area contributed by atoms with E-state index in [0.29, 0.717) is 17.9 Å². The molecule has 0 atom stereocenters. The van der Waals surface area contributed by atoms with Crippen LogP contribution in [0.25, 0.3) is 11.1 Å². The molecule has 0 spiro atoms. The van der Waals surface area contributed by atoms with E-state index in [4.69, 9.17) is 6.42 Å². The van der Waals surface area contributed by atoms with Crippen molar-refractivity contribution in [2.45, 2.75) is 13.8 Å². The Morgan fingerprint density at radius 3 is 2.42 bits per heavy atom. The van der Waals surface area contributed by atoms with Crippen molar-refractivity contribution >= 4 is 11.8 Å². The van der Waals surface area contributed by atoms with Gasteiger partial charge in [-0.2, -0.15) is 0 Å². The molecule has 4 nitrogen and oxygen atoms in total. The maximum absolute atomic E-state index is 12.2. The summed E-state index contributed by atoms with van der Waals surface area (Å²) in [4.78, 5) is 19.9. The number of hydrogen-bond acceptors (Lipinski definition) is 2. The average molecular weight is 319 g/mol. The quantitative estimate of drug-likeness (QED) is 0.642. The highest BCUT2D eigenvalue weighted by atomic mass is 16.2. The van der Waals surface area contributed by atoms with Gasteiger partial charge in [0.2, 0.25) is 0 Å². The number of amides is 2. The summed E-state index contributed by atoms with van der Waals surface area (Å²) in [6.07, 6.45) is 7.12. The highest BCUT2D eigenvalue weighted by molar-refractivity contribution is 5.93. The van der Waals surface area contributed by atoms with Gasteiger partial charge in [-0.25, -0.2) is 9.78 Å². The third-order valence-electron chi connectivity index (χ3n) is 4.12. The zero-order valence-corrected chi connectivity index (χ0v) is 14.3. The second-order valence-electron chi connectivity index (χ2n) is 6.99. The predicted octanol–water partition coefficient (Wildman–Crippen LogP) is 3.63. The first-order chi connectivity index (χ1) is 11.4. The minimum absolute atomic E-state index is 0.0199. The molecular weight excluding hydrogens is 298 g/mol. The topological polar surface area (TPSA) is 36.4 Å². The first kappa shape index (κ1) is 16.1. The molecule has 24 heavy (non-hydrogen) atoms. The van der Waals surface area contributed by atoms with Crippen LogP contribution in [0.1, 0.15) is 19.4 Å². The van der Waals surface area contributed by atoms with Crippen molar-refractivity contribution < 1.29 is 4.79 Å². The molecule has 1 saturated heterocycles. The smallest absolute Gasteiger partial charge is 0.325 e. The van der Waals surface area contributed by atoms with Gasteiger partial charge in [0.15, 0.2) is 5.82 Å². The van der Waals surface area contributed by atoms with Crippen LogP contribution in [0.4, 0.5) is 10.6 Å². The number of fused-ring (bicyclic) bond motifs is 1. The Labute approximate surface area is 143 Å². The van der Waals surface area contributed by atoms with Gasteiger partial charge in [-0.1, -0.05) is 38.0 Å². The minimum atomic E-state index is -0.0514. The average Bonchev–Trinajstić information content (AvgIpc) is 3.16. The number of benzene rings is 1. The number of hydrogen-bond donors (Lipinski definition) is 0. The van der Waals surface area contributed by atoms with Crippen LogP contribution in [-0.2, 0) is 0 Å². The maximum atomic E-state index is 12.2. The molecule has 122 valence electrons. The SMILES string of the molecule is C#Cc1cccnc1N1CC(C)(C)CN(C)C1=O.c1cc2cc-2c1. The van der Waals surface area contributed by atoms with Crippen LogP contribution in [-0.4, -0.2) is 36.1 Å². The normalized spacial score (nSPS) is 16.8. The Morgan fingerprint density at radius 2 is 1.88 bits per heavy atom. The molecule has 1 aromatic rings. The van der Waals surface area contributed by atoms with Gasteiger partial charge in [0, 0.05) is 31.7 Å². The fourth-order valence-corrected chi connectivity index (χ4v) is 3.03. The van der Waals surface area contributed by atoms with E-state index < -0.39 is 0 Å². The minimum Gasteiger partial charge on any atom is -0.327 e. The Balaban J connectivity index is 0.000000231. The van der Waals surface area contributed by atoms with Gasteiger partial charge in [0.05, 0.1) is 5.56 Å². The number of rotatable bonds is 1. The van der Waals surface area contributed by atoms with Crippen LogP contribution < -0.4 is 4.90 Å². The molecule has 2 aliphatic carbocycles. The van der Waals surface area contributed by atoms with Crippen molar-refractivity contribution in [3.05, 3.63) is 48.2 Å². The zero-order chi connectivity index (χ0) is 17.3. The van der Waals surface area contributed by atoms with Crippen molar-refractivity contribution in [1.82, 2.24) is 9.88 Å². The lowest BCUT2D eigenvalue weighted by atomic mass is 9.90. The molecule has 0 radical (unpaired) electrons. The van der Waals surface area contributed by atoms with E-state index in [9.17, 15) is 4.79 Å². The van der Waals surface area contributed by atoms with E-state index in [2.05, 4.69) is 49.0 Å². The Hall–Kier alpha value is -2.80.